The number of carboxylic acid groups (broad SMARTS) is 1. The zero-order valence-electron chi connectivity index (χ0n) is 14.1. The summed E-state index contributed by atoms with van der Waals surface area (Å²) in [5.41, 5.74) is 2.19. The number of aryl methyl sites for hydroxylation is 1. The van der Waals surface area contributed by atoms with E-state index in [0.29, 0.717) is 34.8 Å². The molecule has 0 aliphatic heterocycles. The number of aromatic nitrogens is 2. The molecule has 0 atom stereocenters. The van der Waals surface area contributed by atoms with E-state index in [-0.39, 0.29) is 18.4 Å². The third kappa shape index (κ3) is 3.25. The Hall–Kier alpha value is -2.44. The highest BCUT2D eigenvalue weighted by molar-refractivity contribution is 6.06. The number of carboxylic acids is 1. The van der Waals surface area contributed by atoms with E-state index >= 15 is 0 Å². The molecule has 1 aliphatic rings. The number of amides is 1. The third-order valence-corrected chi connectivity index (χ3v) is 4.06. The van der Waals surface area contributed by atoms with Crippen LogP contribution in [-0.4, -0.2) is 45.1 Å². The smallest absolute Gasteiger partial charge is 0.323 e. The maximum absolute atomic E-state index is 13.0. The maximum Gasteiger partial charge on any atom is 0.323 e. The summed E-state index contributed by atoms with van der Waals surface area (Å²) < 4.78 is 5.25. The Kier molecular flexibility index (Phi) is 4.26. The number of carbonyl (C=O) groups is 2. The maximum atomic E-state index is 13.0. The van der Waals surface area contributed by atoms with Crippen LogP contribution in [0.4, 0.5) is 0 Å². The molecule has 2 heterocycles. The molecule has 7 nitrogen and oxygen atoms in total. The molecule has 24 heavy (non-hydrogen) atoms. The van der Waals surface area contributed by atoms with Gasteiger partial charge in [-0.15, -0.1) is 0 Å². The number of nitrogens with zero attached hydrogens (tertiary/aromatic N) is 3. The molecular weight excluding hydrogens is 310 g/mol. The quantitative estimate of drug-likeness (QED) is 0.874. The van der Waals surface area contributed by atoms with Gasteiger partial charge in [0, 0.05) is 18.2 Å². The van der Waals surface area contributed by atoms with Crippen molar-refractivity contribution >= 4 is 23.0 Å². The van der Waals surface area contributed by atoms with E-state index in [9.17, 15) is 9.59 Å². The van der Waals surface area contributed by atoms with Crippen LogP contribution in [0.1, 0.15) is 54.4 Å². The predicted molar refractivity (Wildman–Crippen MR) is 86.9 cm³/mol. The Bertz CT molecular complexity index is 792. The highest BCUT2D eigenvalue weighted by Crippen LogP contribution is 2.40. The fraction of sp³-hybridized carbons (Fsp3) is 0.529. The molecule has 2 aromatic rings. The number of hydrogen-bond donors (Lipinski definition) is 1. The molecule has 0 unspecified atom stereocenters. The zero-order valence-corrected chi connectivity index (χ0v) is 14.1. The lowest BCUT2D eigenvalue weighted by Crippen LogP contribution is -2.38. The fourth-order valence-corrected chi connectivity index (χ4v) is 2.86. The van der Waals surface area contributed by atoms with Gasteiger partial charge in [0.1, 0.15) is 6.54 Å². The zero-order chi connectivity index (χ0) is 17.4. The summed E-state index contributed by atoms with van der Waals surface area (Å²) in [5.74, 6) is -0.827. The molecule has 2 aromatic heterocycles. The van der Waals surface area contributed by atoms with Gasteiger partial charge >= 0.3 is 5.97 Å². The lowest BCUT2D eigenvalue weighted by Gasteiger charge is -2.23. The number of rotatable bonds is 6. The minimum Gasteiger partial charge on any atom is -0.480 e. The van der Waals surface area contributed by atoms with E-state index in [1.165, 1.54) is 4.90 Å². The van der Waals surface area contributed by atoms with Gasteiger partial charge in [0.25, 0.3) is 11.6 Å². The van der Waals surface area contributed by atoms with Crippen LogP contribution in [-0.2, 0) is 4.79 Å². The Morgan fingerprint density at radius 2 is 2.12 bits per heavy atom. The van der Waals surface area contributed by atoms with Crippen LogP contribution in [0.25, 0.3) is 11.1 Å². The van der Waals surface area contributed by atoms with Crippen molar-refractivity contribution in [1.82, 2.24) is 15.0 Å². The van der Waals surface area contributed by atoms with E-state index in [2.05, 4.69) is 10.1 Å². The van der Waals surface area contributed by atoms with Gasteiger partial charge in [-0.05, 0) is 31.7 Å². The van der Waals surface area contributed by atoms with Gasteiger partial charge in [-0.1, -0.05) is 19.0 Å². The van der Waals surface area contributed by atoms with Crippen molar-refractivity contribution in [3.63, 3.8) is 0 Å². The molecule has 1 N–H and O–H groups in total. The standard InChI is InChI=1S/C17H21N3O4/c1-9(2)7-20(8-14(21)22)17(23)12-6-13(11-4-5-11)18-16-15(12)10(3)19-24-16/h6,9,11H,4-5,7-8H2,1-3H3,(H,21,22). The molecule has 1 aliphatic carbocycles. The fourth-order valence-electron chi connectivity index (χ4n) is 2.86. The molecule has 1 fully saturated rings. The third-order valence-electron chi connectivity index (χ3n) is 4.06. The van der Waals surface area contributed by atoms with E-state index < -0.39 is 5.97 Å². The number of carbonyl (C=O) groups excluding carboxylic acids is 1. The first-order chi connectivity index (χ1) is 11.4. The molecular formula is C17H21N3O4. The average Bonchev–Trinajstić information content (AvgIpc) is 3.28. The number of pyridine rings is 1. The molecule has 128 valence electrons. The van der Waals surface area contributed by atoms with Gasteiger partial charge in [0.2, 0.25) is 0 Å². The molecule has 0 saturated heterocycles. The molecule has 1 amide bonds. The van der Waals surface area contributed by atoms with Gasteiger partial charge in [-0.3, -0.25) is 9.59 Å². The molecule has 0 bridgehead atoms. The van der Waals surface area contributed by atoms with Crippen LogP contribution in [0, 0.1) is 12.8 Å². The second-order valence-electron chi connectivity index (χ2n) is 6.79. The van der Waals surface area contributed by atoms with Crippen LogP contribution in [0.3, 0.4) is 0 Å². The van der Waals surface area contributed by atoms with E-state index in [0.717, 1.165) is 18.5 Å². The molecule has 0 aromatic carbocycles. The van der Waals surface area contributed by atoms with Gasteiger partial charge in [0.05, 0.1) is 16.6 Å². The monoisotopic (exact) mass is 331 g/mol. The number of fused-ring (bicyclic) bond motifs is 1. The van der Waals surface area contributed by atoms with Crippen molar-refractivity contribution in [2.24, 2.45) is 5.92 Å². The van der Waals surface area contributed by atoms with E-state index in [4.69, 9.17) is 9.63 Å². The van der Waals surface area contributed by atoms with Crippen molar-refractivity contribution < 1.29 is 19.2 Å². The summed E-state index contributed by atoms with van der Waals surface area (Å²) in [6, 6.07) is 1.78. The molecule has 0 spiro atoms. The predicted octanol–water partition coefficient (Wildman–Crippen LogP) is 2.59. The van der Waals surface area contributed by atoms with E-state index in [1.54, 1.807) is 13.0 Å². The summed E-state index contributed by atoms with van der Waals surface area (Å²) in [6.07, 6.45) is 2.09. The van der Waals surface area contributed by atoms with Crippen LogP contribution in [0.15, 0.2) is 10.6 Å². The minimum atomic E-state index is -1.03. The molecule has 0 radical (unpaired) electrons. The summed E-state index contributed by atoms with van der Waals surface area (Å²) in [7, 11) is 0. The van der Waals surface area contributed by atoms with Crippen molar-refractivity contribution in [1.29, 1.82) is 0 Å². The number of hydrogen-bond acceptors (Lipinski definition) is 5. The molecule has 7 heteroatoms. The molecule has 3 rings (SSSR count). The van der Waals surface area contributed by atoms with Crippen LogP contribution in [0.5, 0.6) is 0 Å². The SMILES string of the molecule is Cc1noc2nc(C3CC3)cc(C(=O)N(CC(=O)O)CC(C)C)c12. The normalized spacial score (nSPS) is 14.3. The Morgan fingerprint density at radius 1 is 1.42 bits per heavy atom. The summed E-state index contributed by atoms with van der Waals surface area (Å²) >= 11 is 0. The number of aliphatic carboxylic acids is 1. The lowest BCUT2D eigenvalue weighted by atomic mass is 10.1. The van der Waals surface area contributed by atoms with Gasteiger partial charge in [-0.25, -0.2) is 4.98 Å². The van der Waals surface area contributed by atoms with Gasteiger partial charge < -0.3 is 14.5 Å². The Morgan fingerprint density at radius 3 is 2.71 bits per heavy atom. The molecule has 1 saturated carbocycles. The van der Waals surface area contributed by atoms with Crippen molar-refractivity contribution in [2.45, 2.75) is 39.5 Å². The Balaban J connectivity index is 2.06. The van der Waals surface area contributed by atoms with Crippen LogP contribution < -0.4 is 0 Å². The van der Waals surface area contributed by atoms with Crippen LogP contribution >= 0.6 is 0 Å². The van der Waals surface area contributed by atoms with Gasteiger partial charge in [0.15, 0.2) is 0 Å². The second kappa shape index (κ2) is 6.22. The minimum absolute atomic E-state index is 0.164. The summed E-state index contributed by atoms with van der Waals surface area (Å²) in [4.78, 5) is 30.0. The summed E-state index contributed by atoms with van der Waals surface area (Å²) in [6.45, 7) is 5.70. The van der Waals surface area contributed by atoms with Crippen LogP contribution in [0.2, 0.25) is 0 Å². The lowest BCUT2D eigenvalue weighted by molar-refractivity contribution is -0.137. The van der Waals surface area contributed by atoms with Crippen molar-refractivity contribution in [3.05, 3.63) is 23.0 Å². The van der Waals surface area contributed by atoms with E-state index in [1.807, 2.05) is 13.8 Å². The summed E-state index contributed by atoms with van der Waals surface area (Å²) in [5, 5.41) is 13.6. The average molecular weight is 331 g/mol. The first-order valence-electron chi connectivity index (χ1n) is 8.14. The second-order valence-corrected chi connectivity index (χ2v) is 6.79. The Labute approximate surface area is 139 Å². The van der Waals surface area contributed by atoms with Crippen molar-refractivity contribution in [2.75, 3.05) is 13.1 Å². The first kappa shape index (κ1) is 16.4. The van der Waals surface area contributed by atoms with Gasteiger partial charge in [-0.2, -0.15) is 0 Å². The van der Waals surface area contributed by atoms with Crippen molar-refractivity contribution in [3.8, 4) is 0 Å². The largest absolute Gasteiger partial charge is 0.480 e. The highest BCUT2D eigenvalue weighted by Gasteiger charge is 2.30. The highest BCUT2D eigenvalue weighted by atomic mass is 16.5. The topological polar surface area (TPSA) is 96.5 Å². The first-order valence-corrected chi connectivity index (χ1v) is 8.14.